The van der Waals surface area contributed by atoms with Crippen molar-refractivity contribution in [2.75, 3.05) is 0 Å². The summed E-state index contributed by atoms with van der Waals surface area (Å²) in [5, 5.41) is 0.465. The van der Waals surface area contributed by atoms with Crippen LogP contribution in [0.2, 0.25) is 13.7 Å². The maximum absolute atomic E-state index is 5.63. The molecular formula is C5H2Cl3S. The predicted molar refractivity (Wildman–Crippen MR) is 43.8 cm³/mol. The third-order valence-electron chi connectivity index (χ3n) is 0.854. The van der Waals surface area contributed by atoms with E-state index in [0.717, 1.165) is 0 Å². The summed E-state index contributed by atoms with van der Waals surface area (Å²) in [6, 6.07) is 0. The summed E-state index contributed by atoms with van der Waals surface area (Å²) in [7, 11) is 0. The number of hydrogen-bond donors (Lipinski definition) is 0. The molecule has 0 fully saturated rings. The van der Waals surface area contributed by atoms with E-state index in [9.17, 15) is 0 Å². The largest absolute Gasteiger partial charge is 0.113 e. The molecule has 1 heterocycles. The average molecular weight is 200 g/mol. The first-order valence-corrected chi connectivity index (χ1v) is 4.03. The average Bonchev–Trinajstić information content (AvgIpc) is 1.98. The van der Waals surface area contributed by atoms with Gasteiger partial charge in [-0.1, -0.05) is 34.8 Å². The van der Waals surface area contributed by atoms with Gasteiger partial charge in [0.05, 0.1) is 9.36 Å². The molecule has 0 saturated heterocycles. The van der Waals surface area contributed by atoms with Gasteiger partial charge >= 0.3 is 0 Å². The van der Waals surface area contributed by atoms with Crippen LogP contribution in [0.15, 0.2) is 0 Å². The fraction of sp³-hybridized carbons (Fsp3) is 0. The molecular weight excluding hydrogens is 198 g/mol. The van der Waals surface area contributed by atoms with E-state index in [1.165, 1.54) is 11.3 Å². The molecule has 0 saturated carbocycles. The maximum atomic E-state index is 5.63. The number of rotatable bonds is 0. The van der Waals surface area contributed by atoms with Crippen LogP contribution >= 0.6 is 46.1 Å². The van der Waals surface area contributed by atoms with Crippen LogP contribution < -0.4 is 0 Å². The van der Waals surface area contributed by atoms with Gasteiger partial charge in [0.25, 0.3) is 0 Å². The summed E-state index contributed by atoms with van der Waals surface area (Å²) in [4.78, 5) is 0. The molecule has 0 amide bonds. The Kier molecular flexibility index (Phi) is 2.27. The van der Waals surface area contributed by atoms with Crippen LogP contribution in [0.5, 0.6) is 0 Å². The van der Waals surface area contributed by atoms with E-state index in [0.29, 0.717) is 19.3 Å². The van der Waals surface area contributed by atoms with Gasteiger partial charge in [-0.25, -0.2) is 0 Å². The Morgan fingerprint density at radius 2 is 1.67 bits per heavy atom. The molecule has 4 heteroatoms. The minimum Gasteiger partial charge on any atom is -0.110 e. The van der Waals surface area contributed by atoms with Gasteiger partial charge in [-0.2, -0.15) is 0 Å². The highest BCUT2D eigenvalue weighted by molar-refractivity contribution is 7.20. The fourth-order valence-electron chi connectivity index (χ4n) is 0.390. The molecule has 1 rings (SSSR count). The van der Waals surface area contributed by atoms with E-state index in [-0.39, 0.29) is 0 Å². The van der Waals surface area contributed by atoms with Crippen molar-refractivity contribution in [3.63, 3.8) is 0 Å². The Hall–Kier alpha value is 0.570. The molecule has 1 radical (unpaired) electrons. The first kappa shape index (κ1) is 7.67. The van der Waals surface area contributed by atoms with Crippen LogP contribution in [0.1, 0.15) is 5.56 Å². The molecule has 9 heavy (non-hydrogen) atoms. The SMILES string of the molecule is [CH2]c1c(Cl)sc(Cl)c1Cl. The first-order chi connectivity index (χ1) is 4.13. The molecule has 0 atom stereocenters. The summed E-state index contributed by atoms with van der Waals surface area (Å²) in [6.45, 7) is 3.60. The lowest BCUT2D eigenvalue weighted by atomic mass is 10.4. The van der Waals surface area contributed by atoms with Crippen molar-refractivity contribution in [3.8, 4) is 0 Å². The van der Waals surface area contributed by atoms with Crippen LogP contribution in [-0.4, -0.2) is 0 Å². The maximum Gasteiger partial charge on any atom is 0.113 e. The predicted octanol–water partition coefficient (Wildman–Crippen LogP) is 3.89. The summed E-state index contributed by atoms with van der Waals surface area (Å²) in [6.07, 6.45) is 0. The summed E-state index contributed by atoms with van der Waals surface area (Å²) in [5.41, 5.74) is 0.619. The van der Waals surface area contributed by atoms with Gasteiger partial charge in [-0.15, -0.1) is 11.3 Å². The third kappa shape index (κ3) is 1.35. The van der Waals surface area contributed by atoms with Crippen molar-refractivity contribution in [2.24, 2.45) is 0 Å². The van der Waals surface area contributed by atoms with Crippen molar-refractivity contribution in [1.82, 2.24) is 0 Å². The Morgan fingerprint density at radius 1 is 1.11 bits per heavy atom. The van der Waals surface area contributed by atoms with Crippen molar-refractivity contribution in [3.05, 3.63) is 26.2 Å². The van der Waals surface area contributed by atoms with Crippen LogP contribution in [0, 0.1) is 6.92 Å². The second-order valence-corrected chi connectivity index (χ2v) is 4.04. The Bertz CT molecular complexity index is 206. The van der Waals surface area contributed by atoms with Crippen LogP contribution in [-0.2, 0) is 0 Å². The van der Waals surface area contributed by atoms with E-state index >= 15 is 0 Å². The molecule has 0 aromatic carbocycles. The summed E-state index contributed by atoms with van der Waals surface area (Å²) < 4.78 is 1.07. The van der Waals surface area contributed by atoms with Crippen molar-refractivity contribution in [1.29, 1.82) is 0 Å². The molecule has 0 spiro atoms. The van der Waals surface area contributed by atoms with E-state index in [2.05, 4.69) is 6.92 Å². The normalized spacial score (nSPS) is 10.2. The molecule has 0 aliphatic heterocycles. The van der Waals surface area contributed by atoms with Gasteiger partial charge < -0.3 is 0 Å². The zero-order chi connectivity index (χ0) is 7.02. The van der Waals surface area contributed by atoms with E-state index in [1.54, 1.807) is 0 Å². The van der Waals surface area contributed by atoms with Crippen molar-refractivity contribution in [2.45, 2.75) is 0 Å². The quantitative estimate of drug-likeness (QED) is 0.596. The minimum atomic E-state index is 0.465. The topological polar surface area (TPSA) is 0 Å². The Balaban J connectivity index is 3.29. The summed E-state index contributed by atoms with van der Waals surface area (Å²) in [5.74, 6) is 0. The zero-order valence-corrected chi connectivity index (χ0v) is 7.33. The highest BCUT2D eigenvalue weighted by Gasteiger charge is 2.08. The fourth-order valence-corrected chi connectivity index (χ4v) is 2.09. The molecule has 49 valence electrons. The molecule has 1 aromatic rings. The van der Waals surface area contributed by atoms with Crippen LogP contribution in [0.3, 0.4) is 0 Å². The number of halogens is 3. The second-order valence-electron chi connectivity index (χ2n) is 1.44. The Labute approximate surface area is 72.3 Å². The molecule has 0 aliphatic carbocycles. The highest BCUT2D eigenvalue weighted by Crippen LogP contribution is 2.38. The van der Waals surface area contributed by atoms with Gasteiger partial charge in [0, 0.05) is 5.56 Å². The molecule has 0 unspecified atom stereocenters. The van der Waals surface area contributed by atoms with Gasteiger partial charge in [0.2, 0.25) is 0 Å². The highest BCUT2D eigenvalue weighted by atomic mass is 35.5. The van der Waals surface area contributed by atoms with Gasteiger partial charge in [0.1, 0.15) is 4.34 Å². The van der Waals surface area contributed by atoms with E-state index in [1.807, 2.05) is 0 Å². The number of hydrogen-bond acceptors (Lipinski definition) is 1. The third-order valence-corrected chi connectivity index (χ3v) is 3.17. The first-order valence-electron chi connectivity index (χ1n) is 2.08. The van der Waals surface area contributed by atoms with Crippen molar-refractivity contribution < 1.29 is 0 Å². The molecule has 0 N–H and O–H groups in total. The lowest BCUT2D eigenvalue weighted by molar-refractivity contribution is 1.78. The van der Waals surface area contributed by atoms with Gasteiger partial charge in [-0.3, -0.25) is 0 Å². The second kappa shape index (κ2) is 2.67. The summed E-state index contributed by atoms with van der Waals surface area (Å²) >= 11 is 18.1. The Morgan fingerprint density at radius 3 is 1.78 bits per heavy atom. The van der Waals surface area contributed by atoms with Gasteiger partial charge in [0.15, 0.2) is 0 Å². The lowest BCUT2D eigenvalue weighted by Crippen LogP contribution is -1.62. The van der Waals surface area contributed by atoms with E-state index in [4.69, 9.17) is 34.8 Å². The van der Waals surface area contributed by atoms with Crippen LogP contribution in [0.4, 0.5) is 0 Å². The van der Waals surface area contributed by atoms with Crippen LogP contribution in [0.25, 0.3) is 0 Å². The molecule has 1 aromatic heterocycles. The molecule has 0 nitrogen and oxygen atoms in total. The zero-order valence-electron chi connectivity index (χ0n) is 4.25. The van der Waals surface area contributed by atoms with Crippen molar-refractivity contribution >= 4 is 46.1 Å². The van der Waals surface area contributed by atoms with E-state index < -0.39 is 0 Å². The minimum absolute atomic E-state index is 0.465. The number of thiophene rings is 1. The monoisotopic (exact) mass is 199 g/mol. The van der Waals surface area contributed by atoms with Gasteiger partial charge in [-0.05, 0) is 6.92 Å². The molecule has 0 bridgehead atoms. The lowest BCUT2D eigenvalue weighted by Gasteiger charge is -1.83. The standard InChI is InChI=1S/C5H2Cl3S/c1-2-3(6)5(8)9-4(2)7/h1H2. The molecule has 0 aliphatic rings. The smallest absolute Gasteiger partial charge is 0.110 e.